The molecule has 13 heteroatoms. The summed E-state index contributed by atoms with van der Waals surface area (Å²) in [6.07, 6.45) is 3.43. The summed E-state index contributed by atoms with van der Waals surface area (Å²) in [5, 5.41) is 6.26. The number of carbonyl (C=O) groups is 1. The highest BCUT2D eigenvalue weighted by Gasteiger charge is 2.30. The van der Waals surface area contributed by atoms with Crippen LogP contribution in [0.5, 0.6) is 0 Å². The lowest BCUT2D eigenvalue weighted by Crippen LogP contribution is -2.56. The fourth-order valence-corrected chi connectivity index (χ4v) is 5.96. The molecule has 0 unspecified atom stereocenters. The highest BCUT2D eigenvalue weighted by atomic mass is 32.2. The molecule has 0 aliphatic carbocycles. The van der Waals surface area contributed by atoms with Gasteiger partial charge in [0.05, 0.1) is 29.1 Å². The van der Waals surface area contributed by atoms with Crippen molar-refractivity contribution < 1.29 is 22.0 Å². The number of para-hydroxylation sites is 1. The summed E-state index contributed by atoms with van der Waals surface area (Å²) in [7, 11) is -1.74. The number of sulfone groups is 1. The van der Waals surface area contributed by atoms with Crippen LogP contribution >= 0.6 is 0 Å². The predicted molar refractivity (Wildman–Crippen MR) is 154 cm³/mol. The fourth-order valence-electron chi connectivity index (χ4n) is 5.20. The van der Waals surface area contributed by atoms with Gasteiger partial charge in [0.25, 0.3) is 0 Å². The van der Waals surface area contributed by atoms with E-state index in [1.807, 2.05) is 6.92 Å². The zero-order valence-corrected chi connectivity index (χ0v) is 23.9. The van der Waals surface area contributed by atoms with Gasteiger partial charge in [-0.3, -0.25) is 9.69 Å². The molecule has 5 rings (SSSR count). The Bertz CT molecular complexity index is 1730. The summed E-state index contributed by atoms with van der Waals surface area (Å²) < 4.78 is 53.6. The van der Waals surface area contributed by atoms with Gasteiger partial charge in [0.15, 0.2) is 21.5 Å². The van der Waals surface area contributed by atoms with Crippen LogP contribution in [0.15, 0.2) is 53.7 Å². The Hall–Kier alpha value is -3.94. The van der Waals surface area contributed by atoms with Crippen molar-refractivity contribution in [2.75, 3.05) is 43.6 Å². The smallest absolute Gasteiger partial charge is 0.241 e. The highest BCUT2D eigenvalue weighted by Crippen LogP contribution is 2.34. The number of carbonyl (C=O) groups excluding carboxylic acids is 1. The van der Waals surface area contributed by atoms with E-state index in [4.69, 9.17) is 0 Å². The molecule has 0 bridgehead atoms. The molecule has 216 valence electrons. The number of amides is 1. The Morgan fingerprint density at radius 1 is 1.15 bits per heavy atom. The summed E-state index contributed by atoms with van der Waals surface area (Å²) in [6.45, 7) is 6.54. The molecule has 0 saturated carbocycles. The molecular weight excluding hydrogens is 552 g/mol. The number of hydrogen-bond donors (Lipinski definition) is 3. The first-order valence-electron chi connectivity index (χ1n) is 13.1. The Morgan fingerprint density at radius 2 is 1.88 bits per heavy atom. The monoisotopic (exact) mass is 583 g/mol. The lowest BCUT2D eigenvalue weighted by atomic mass is 10.1. The van der Waals surface area contributed by atoms with Crippen LogP contribution in [0.4, 0.5) is 26.1 Å². The van der Waals surface area contributed by atoms with Crippen molar-refractivity contribution in [3.8, 4) is 11.3 Å². The van der Waals surface area contributed by atoms with Crippen molar-refractivity contribution in [2.45, 2.75) is 30.8 Å². The van der Waals surface area contributed by atoms with Crippen molar-refractivity contribution in [3.63, 3.8) is 0 Å². The number of nitrogens with one attached hydrogen (secondary N) is 3. The number of benzene rings is 2. The number of hydrogen-bond acceptors (Lipinski definition) is 8. The largest absolute Gasteiger partial charge is 0.359 e. The predicted octanol–water partition coefficient (Wildman–Crippen LogP) is 4.01. The van der Waals surface area contributed by atoms with Crippen LogP contribution in [-0.4, -0.2) is 84.1 Å². The minimum Gasteiger partial charge on any atom is -0.359 e. The third kappa shape index (κ3) is 5.78. The minimum absolute atomic E-state index is 0.0588. The van der Waals surface area contributed by atoms with E-state index >= 15 is 0 Å². The molecule has 1 saturated heterocycles. The standard InChI is InChI=1S/C28H31F2N7O3S/c1-16-15-36(3)11-12-37(16)17(2)27(38)33-22-9-5-7-18-19(13-31-26(18)22)25-20(29)14-32-28(35-25)34-21-8-6-10-23(24(21)30)41(4,39)40/h5-10,13-14,16-17,31H,11-12,15H2,1-4H3,(H,33,38)(H,32,34,35)/t16-,17-/m1/s1. The lowest BCUT2D eigenvalue weighted by Gasteiger charge is -2.41. The molecule has 0 spiro atoms. The van der Waals surface area contributed by atoms with E-state index in [-0.39, 0.29) is 35.3 Å². The maximum absolute atomic E-state index is 15.0. The third-order valence-electron chi connectivity index (χ3n) is 7.34. The number of halogens is 2. The zero-order chi connectivity index (χ0) is 29.5. The van der Waals surface area contributed by atoms with Crippen LogP contribution < -0.4 is 10.6 Å². The molecule has 2 aromatic carbocycles. The van der Waals surface area contributed by atoms with Crippen molar-refractivity contribution >= 4 is 44.0 Å². The number of H-pyrrole nitrogens is 1. The second kappa shape index (κ2) is 11.1. The number of aromatic amines is 1. The highest BCUT2D eigenvalue weighted by molar-refractivity contribution is 7.90. The van der Waals surface area contributed by atoms with Crippen molar-refractivity contribution in [2.24, 2.45) is 0 Å². The molecule has 2 atom stereocenters. The zero-order valence-electron chi connectivity index (χ0n) is 23.1. The number of anilines is 3. The number of rotatable bonds is 7. The van der Waals surface area contributed by atoms with Gasteiger partial charge in [0, 0.05) is 49.1 Å². The van der Waals surface area contributed by atoms with Gasteiger partial charge >= 0.3 is 0 Å². The number of aromatic nitrogens is 3. The van der Waals surface area contributed by atoms with Gasteiger partial charge in [0.1, 0.15) is 10.6 Å². The minimum atomic E-state index is -3.81. The van der Waals surface area contributed by atoms with E-state index < -0.39 is 26.4 Å². The van der Waals surface area contributed by atoms with Gasteiger partial charge in [-0.15, -0.1) is 0 Å². The summed E-state index contributed by atoms with van der Waals surface area (Å²) in [6, 6.07) is 9.04. The molecule has 10 nitrogen and oxygen atoms in total. The van der Waals surface area contributed by atoms with Gasteiger partial charge in [-0.05, 0) is 39.1 Å². The summed E-state index contributed by atoms with van der Waals surface area (Å²) in [5.74, 6) is -1.98. The molecular formula is C28H31F2N7O3S. The second-order valence-electron chi connectivity index (χ2n) is 10.3. The van der Waals surface area contributed by atoms with Crippen LogP contribution in [0, 0.1) is 11.6 Å². The topological polar surface area (TPSA) is 123 Å². The number of fused-ring (bicyclic) bond motifs is 1. The summed E-state index contributed by atoms with van der Waals surface area (Å²) in [5.41, 5.74) is 1.31. The Balaban J connectivity index is 1.42. The van der Waals surface area contributed by atoms with E-state index in [1.54, 1.807) is 24.4 Å². The average molecular weight is 584 g/mol. The molecule has 1 amide bonds. The van der Waals surface area contributed by atoms with Crippen LogP contribution in [0.1, 0.15) is 13.8 Å². The molecule has 4 aromatic rings. The first-order valence-corrected chi connectivity index (χ1v) is 15.0. The molecule has 1 fully saturated rings. The molecule has 0 radical (unpaired) electrons. The normalized spacial score (nSPS) is 17.5. The molecule has 1 aliphatic rings. The quantitative estimate of drug-likeness (QED) is 0.298. The number of likely N-dealkylation sites (N-methyl/N-ethyl adjacent to an activating group) is 1. The van der Waals surface area contributed by atoms with E-state index in [9.17, 15) is 22.0 Å². The maximum atomic E-state index is 15.0. The van der Waals surface area contributed by atoms with Gasteiger partial charge in [-0.2, -0.15) is 0 Å². The van der Waals surface area contributed by atoms with E-state index in [1.165, 1.54) is 12.1 Å². The van der Waals surface area contributed by atoms with Gasteiger partial charge in [-0.25, -0.2) is 27.2 Å². The number of nitrogens with zero attached hydrogens (tertiary/aromatic N) is 4. The van der Waals surface area contributed by atoms with E-state index in [2.05, 4.69) is 49.4 Å². The van der Waals surface area contributed by atoms with Crippen molar-refractivity contribution in [3.05, 3.63) is 60.4 Å². The Morgan fingerprint density at radius 3 is 2.61 bits per heavy atom. The molecule has 2 aromatic heterocycles. The Kier molecular flexibility index (Phi) is 7.77. The Labute approximate surface area is 236 Å². The van der Waals surface area contributed by atoms with Crippen LogP contribution in [0.2, 0.25) is 0 Å². The van der Waals surface area contributed by atoms with Crippen LogP contribution in [-0.2, 0) is 14.6 Å². The second-order valence-corrected chi connectivity index (χ2v) is 12.3. The van der Waals surface area contributed by atoms with Crippen molar-refractivity contribution in [1.29, 1.82) is 0 Å². The van der Waals surface area contributed by atoms with Crippen molar-refractivity contribution in [1.82, 2.24) is 24.8 Å². The SMILES string of the molecule is C[C@@H]1CN(C)CCN1[C@H](C)C(=O)Nc1cccc2c(-c3nc(Nc4cccc(S(C)(=O)=O)c4F)ncc3F)c[nH]c12. The first kappa shape index (κ1) is 28.6. The average Bonchev–Trinajstić information content (AvgIpc) is 3.35. The van der Waals surface area contributed by atoms with Gasteiger partial charge < -0.3 is 20.5 Å². The van der Waals surface area contributed by atoms with Crippen LogP contribution in [0.3, 0.4) is 0 Å². The van der Waals surface area contributed by atoms with Crippen LogP contribution in [0.25, 0.3) is 22.2 Å². The lowest BCUT2D eigenvalue weighted by molar-refractivity contribution is -0.122. The first-order chi connectivity index (χ1) is 19.4. The van der Waals surface area contributed by atoms with E-state index in [0.29, 0.717) is 22.2 Å². The van der Waals surface area contributed by atoms with Gasteiger partial charge in [-0.1, -0.05) is 18.2 Å². The van der Waals surface area contributed by atoms with Gasteiger partial charge in [0.2, 0.25) is 11.9 Å². The summed E-state index contributed by atoms with van der Waals surface area (Å²) in [4.78, 5) is 28.4. The number of piperazine rings is 1. The third-order valence-corrected chi connectivity index (χ3v) is 8.45. The molecule has 1 aliphatic heterocycles. The summed E-state index contributed by atoms with van der Waals surface area (Å²) >= 11 is 0. The molecule has 3 heterocycles. The van der Waals surface area contributed by atoms with E-state index in [0.717, 1.165) is 38.2 Å². The molecule has 3 N–H and O–H groups in total. The maximum Gasteiger partial charge on any atom is 0.241 e. The fraction of sp³-hybridized carbons (Fsp3) is 0.321. The molecule has 41 heavy (non-hydrogen) atoms.